The first-order chi connectivity index (χ1) is 10.6. The van der Waals surface area contributed by atoms with Gasteiger partial charge in [-0.05, 0) is 57.2 Å². The van der Waals surface area contributed by atoms with Crippen LogP contribution in [0.25, 0.3) is 0 Å². The van der Waals surface area contributed by atoms with Crippen molar-refractivity contribution in [2.75, 3.05) is 30.9 Å². The molecule has 1 fully saturated rings. The first-order valence-corrected chi connectivity index (χ1v) is 7.22. The van der Waals surface area contributed by atoms with Gasteiger partial charge in [0.15, 0.2) is 5.84 Å². The fourth-order valence-electron chi connectivity index (χ4n) is 2.30. The molecule has 2 rings (SSSR count). The maximum absolute atomic E-state index is 8.76. The van der Waals surface area contributed by atoms with E-state index in [2.05, 4.69) is 27.8 Å². The van der Waals surface area contributed by atoms with E-state index in [0.717, 1.165) is 37.3 Å². The first kappa shape index (κ1) is 15.8. The van der Waals surface area contributed by atoms with E-state index in [1.807, 2.05) is 24.3 Å². The van der Waals surface area contributed by atoms with Crippen LogP contribution in [0, 0.1) is 16.7 Å². The van der Waals surface area contributed by atoms with Crippen LogP contribution in [-0.4, -0.2) is 42.6 Å². The molecule has 0 aliphatic carbocycles. The molecule has 1 heterocycles. The van der Waals surface area contributed by atoms with E-state index in [1.54, 1.807) is 6.07 Å². The van der Waals surface area contributed by atoms with Crippen LogP contribution in [0.1, 0.15) is 12.8 Å². The van der Waals surface area contributed by atoms with Crippen LogP contribution in [0.15, 0.2) is 29.4 Å². The Morgan fingerprint density at radius 1 is 1.32 bits per heavy atom. The molecule has 0 spiro atoms. The molecule has 1 aromatic carbocycles. The molecule has 1 saturated heterocycles. The summed E-state index contributed by atoms with van der Waals surface area (Å²) >= 11 is 0. The van der Waals surface area contributed by atoms with Crippen molar-refractivity contribution in [3.05, 3.63) is 24.3 Å². The molecule has 116 valence electrons. The minimum absolute atomic E-state index is 0.131. The van der Waals surface area contributed by atoms with Crippen molar-refractivity contribution in [1.29, 1.82) is 10.7 Å². The second-order valence-electron chi connectivity index (χ2n) is 5.40. The fourth-order valence-corrected chi connectivity index (χ4v) is 2.30. The lowest BCUT2D eigenvalue weighted by Crippen LogP contribution is -2.36. The topological polar surface area (TPSA) is 113 Å². The summed E-state index contributed by atoms with van der Waals surface area (Å²) in [7, 11) is 2.15. The normalized spacial score (nSPS) is 16.8. The summed E-state index contributed by atoms with van der Waals surface area (Å²) in [5, 5.41) is 23.3. The van der Waals surface area contributed by atoms with Gasteiger partial charge in [0, 0.05) is 11.7 Å². The summed E-state index contributed by atoms with van der Waals surface area (Å²) in [6.07, 6.45) is 2.29. The lowest BCUT2D eigenvalue weighted by molar-refractivity contribution is 0.264. The molecule has 1 aliphatic rings. The molecule has 1 aromatic rings. The Hall–Kier alpha value is -2.59. The number of hydrogen-bond donors (Lipinski definition) is 4. The van der Waals surface area contributed by atoms with Gasteiger partial charge in [0.05, 0.1) is 5.69 Å². The zero-order valence-corrected chi connectivity index (χ0v) is 12.6. The molecule has 5 N–H and O–H groups in total. The smallest absolute Gasteiger partial charge is 0.201 e. The zero-order valence-electron chi connectivity index (χ0n) is 12.6. The number of nitrogens with one attached hydrogen (secondary N) is 3. The van der Waals surface area contributed by atoms with E-state index in [1.165, 1.54) is 0 Å². The van der Waals surface area contributed by atoms with Gasteiger partial charge < -0.3 is 16.0 Å². The third-order valence-corrected chi connectivity index (χ3v) is 3.63. The van der Waals surface area contributed by atoms with E-state index in [0.29, 0.717) is 6.04 Å². The van der Waals surface area contributed by atoms with Gasteiger partial charge in [-0.15, -0.1) is 0 Å². The van der Waals surface area contributed by atoms with Crippen LogP contribution < -0.4 is 16.5 Å². The summed E-state index contributed by atoms with van der Waals surface area (Å²) in [5.74, 6) is -0.351. The highest BCUT2D eigenvalue weighted by Gasteiger charge is 2.15. The largest absolute Gasteiger partial charge is 0.382 e. The van der Waals surface area contributed by atoms with Crippen molar-refractivity contribution in [2.45, 2.75) is 18.9 Å². The minimum Gasteiger partial charge on any atom is -0.382 e. The summed E-state index contributed by atoms with van der Waals surface area (Å²) in [4.78, 5) is 2.34. The van der Waals surface area contributed by atoms with Gasteiger partial charge in [-0.25, -0.2) is 0 Å². The van der Waals surface area contributed by atoms with Gasteiger partial charge in [0.1, 0.15) is 6.07 Å². The molecule has 0 saturated carbocycles. The number of amidine groups is 1. The number of nitrogens with zero attached hydrogens (tertiary/aromatic N) is 3. The van der Waals surface area contributed by atoms with Gasteiger partial charge in [0.2, 0.25) is 5.71 Å². The molecule has 0 atom stereocenters. The van der Waals surface area contributed by atoms with E-state index in [4.69, 9.17) is 16.4 Å². The molecule has 1 aliphatic heterocycles. The van der Waals surface area contributed by atoms with Gasteiger partial charge in [0.25, 0.3) is 0 Å². The van der Waals surface area contributed by atoms with Crippen LogP contribution in [0.5, 0.6) is 0 Å². The molecule has 22 heavy (non-hydrogen) atoms. The number of nitrogens with two attached hydrogens (primary N) is 1. The molecule has 7 heteroatoms. The second kappa shape index (κ2) is 7.43. The lowest BCUT2D eigenvalue weighted by Gasteiger charge is -2.30. The van der Waals surface area contributed by atoms with Crippen LogP contribution in [0.4, 0.5) is 11.4 Å². The maximum Gasteiger partial charge on any atom is 0.201 e. The van der Waals surface area contributed by atoms with Crippen LogP contribution in [-0.2, 0) is 0 Å². The van der Waals surface area contributed by atoms with E-state index >= 15 is 0 Å². The quantitative estimate of drug-likeness (QED) is 0.373. The Morgan fingerprint density at radius 3 is 2.45 bits per heavy atom. The van der Waals surface area contributed by atoms with E-state index in [-0.39, 0.29) is 11.5 Å². The number of hydrazone groups is 1. The Labute approximate surface area is 130 Å². The van der Waals surface area contributed by atoms with Crippen LogP contribution in [0.3, 0.4) is 0 Å². The fraction of sp³-hybridized carbons (Fsp3) is 0.400. The highest BCUT2D eigenvalue weighted by atomic mass is 15.3. The van der Waals surface area contributed by atoms with Crippen molar-refractivity contribution in [2.24, 2.45) is 10.8 Å². The third-order valence-electron chi connectivity index (χ3n) is 3.63. The Kier molecular flexibility index (Phi) is 5.33. The van der Waals surface area contributed by atoms with Crippen molar-refractivity contribution >= 4 is 22.9 Å². The third kappa shape index (κ3) is 4.46. The molecule has 0 unspecified atom stereocenters. The molecule has 0 radical (unpaired) electrons. The van der Waals surface area contributed by atoms with Crippen LogP contribution in [0.2, 0.25) is 0 Å². The Bertz CT molecular complexity index is 577. The Morgan fingerprint density at radius 2 is 1.91 bits per heavy atom. The van der Waals surface area contributed by atoms with Gasteiger partial charge in [-0.2, -0.15) is 10.4 Å². The standard InChI is InChI=1S/C15H21N7/c1-22-8-6-12(7-9-22)19-11-2-4-13(5-3-11)20-21-14(10-16)15(17)18/h2-5,12,19-20H,6-9H2,1H3,(H3,17,18)/b21-14+. The Balaban J connectivity index is 1.90. The highest BCUT2D eigenvalue weighted by Crippen LogP contribution is 2.18. The number of benzene rings is 1. The monoisotopic (exact) mass is 299 g/mol. The summed E-state index contributed by atoms with van der Waals surface area (Å²) in [6, 6.07) is 9.95. The number of anilines is 2. The van der Waals surface area contributed by atoms with Gasteiger partial charge >= 0.3 is 0 Å². The molecular weight excluding hydrogens is 278 g/mol. The predicted molar refractivity (Wildman–Crippen MR) is 89.2 cm³/mol. The average molecular weight is 299 g/mol. The first-order valence-electron chi connectivity index (χ1n) is 7.22. The van der Waals surface area contributed by atoms with Crippen molar-refractivity contribution in [3.8, 4) is 6.07 Å². The van der Waals surface area contributed by atoms with E-state index < -0.39 is 0 Å². The van der Waals surface area contributed by atoms with E-state index in [9.17, 15) is 0 Å². The summed E-state index contributed by atoms with van der Waals surface area (Å²) in [6.45, 7) is 2.24. The number of likely N-dealkylation sites (tertiary alicyclic amines) is 1. The van der Waals surface area contributed by atoms with Crippen molar-refractivity contribution < 1.29 is 0 Å². The zero-order chi connectivity index (χ0) is 15.9. The SMILES string of the molecule is CN1CCC(Nc2ccc(N/N=C(\C#N)C(=N)N)cc2)CC1. The number of nitriles is 1. The maximum atomic E-state index is 8.76. The number of hydrogen-bond acceptors (Lipinski definition) is 6. The summed E-state index contributed by atoms with van der Waals surface area (Å²) < 4.78 is 0. The molecular formula is C15H21N7. The van der Waals surface area contributed by atoms with Gasteiger partial charge in [-0.3, -0.25) is 10.8 Å². The highest BCUT2D eigenvalue weighted by molar-refractivity contribution is 6.45. The van der Waals surface area contributed by atoms with Crippen molar-refractivity contribution in [1.82, 2.24) is 4.90 Å². The lowest BCUT2D eigenvalue weighted by atomic mass is 10.1. The summed E-state index contributed by atoms with van der Waals surface area (Å²) in [5.41, 5.74) is 9.62. The van der Waals surface area contributed by atoms with Gasteiger partial charge in [-0.1, -0.05) is 0 Å². The molecule has 0 amide bonds. The molecule has 0 aromatic heterocycles. The van der Waals surface area contributed by atoms with Crippen molar-refractivity contribution in [3.63, 3.8) is 0 Å². The predicted octanol–water partition coefficient (Wildman–Crippen LogP) is 1.42. The number of piperidine rings is 1. The second-order valence-corrected chi connectivity index (χ2v) is 5.40. The molecule has 7 nitrogen and oxygen atoms in total. The van der Waals surface area contributed by atoms with Crippen LogP contribution >= 0.6 is 0 Å². The minimum atomic E-state index is -0.351. The average Bonchev–Trinajstić information content (AvgIpc) is 2.51. The number of rotatable bonds is 5. The molecule has 0 bridgehead atoms.